The van der Waals surface area contributed by atoms with Crippen LogP contribution >= 0.6 is 23.4 Å². The van der Waals surface area contributed by atoms with E-state index in [4.69, 9.17) is 11.6 Å². The highest BCUT2D eigenvalue weighted by molar-refractivity contribution is 7.98. The summed E-state index contributed by atoms with van der Waals surface area (Å²) in [4.78, 5) is 1.23. The van der Waals surface area contributed by atoms with E-state index in [-0.39, 0.29) is 0 Å². The van der Waals surface area contributed by atoms with Gasteiger partial charge in [0.25, 0.3) is 0 Å². The monoisotopic (exact) mass is 317 g/mol. The molecule has 1 saturated carbocycles. The molecule has 3 rings (SSSR count). The lowest BCUT2D eigenvalue weighted by Gasteiger charge is -2.08. The molecule has 0 radical (unpaired) electrons. The molecule has 0 bridgehead atoms. The second-order valence-electron chi connectivity index (χ2n) is 5.69. The van der Waals surface area contributed by atoms with Gasteiger partial charge < -0.3 is 5.32 Å². The third kappa shape index (κ3) is 4.50. The molecule has 1 aliphatic rings. The largest absolute Gasteiger partial charge is 0.310 e. The van der Waals surface area contributed by atoms with Crippen LogP contribution < -0.4 is 5.32 Å². The van der Waals surface area contributed by atoms with Crippen LogP contribution in [0.1, 0.15) is 29.5 Å². The first-order valence-corrected chi connectivity index (χ1v) is 8.77. The van der Waals surface area contributed by atoms with Crippen molar-refractivity contribution in [3.8, 4) is 0 Å². The van der Waals surface area contributed by atoms with Crippen molar-refractivity contribution in [1.82, 2.24) is 5.32 Å². The van der Waals surface area contributed by atoms with Crippen molar-refractivity contribution in [2.24, 2.45) is 0 Å². The predicted molar refractivity (Wildman–Crippen MR) is 92.1 cm³/mol. The Morgan fingerprint density at radius 2 is 2.05 bits per heavy atom. The van der Waals surface area contributed by atoms with E-state index in [1.165, 1.54) is 34.4 Å². The van der Waals surface area contributed by atoms with Gasteiger partial charge in [-0.25, -0.2) is 0 Å². The summed E-state index contributed by atoms with van der Waals surface area (Å²) in [5.41, 5.74) is 3.87. The Bertz CT molecular complexity index is 622. The van der Waals surface area contributed by atoms with Crippen LogP contribution in [0.4, 0.5) is 0 Å². The van der Waals surface area contributed by atoms with Crippen molar-refractivity contribution in [2.75, 3.05) is 0 Å². The van der Waals surface area contributed by atoms with Crippen LogP contribution in [0.2, 0.25) is 5.02 Å². The van der Waals surface area contributed by atoms with E-state index in [0.717, 1.165) is 23.4 Å². The minimum atomic E-state index is 0.719. The van der Waals surface area contributed by atoms with E-state index < -0.39 is 0 Å². The zero-order valence-corrected chi connectivity index (χ0v) is 13.8. The summed E-state index contributed by atoms with van der Waals surface area (Å²) in [6.45, 7) is 3.01. The number of rotatable bonds is 6. The van der Waals surface area contributed by atoms with Crippen molar-refractivity contribution in [3.63, 3.8) is 0 Å². The van der Waals surface area contributed by atoms with E-state index in [2.05, 4.69) is 54.7 Å². The van der Waals surface area contributed by atoms with Crippen molar-refractivity contribution in [1.29, 1.82) is 0 Å². The number of nitrogens with one attached hydrogen (secondary N) is 1. The van der Waals surface area contributed by atoms with Crippen molar-refractivity contribution in [3.05, 3.63) is 64.2 Å². The summed E-state index contributed by atoms with van der Waals surface area (Å²) in [5.74, 6) is 0.984. The van der Waals surface area contributed by atoms with E-state index in [1.54, 1.807) is 0 Å². The number of aryl methyl sites for hydroxylation is 1. The standard InChI is InChI=1S/C18H20ClNS/c1-13-3-2-4-14(9-13)12-21-17-8-5-15(18(19)10-17)11-20-16-6-7-16/h2-5,8-10,16,20H,6-7,11-12H2,1H3. The molecule has 0 spiro atoms. The number of benzene rings is 2. The van der Waals surface area contributed by atoms with Crippen LogP contribution in [0, 0.1) is 6.92 Å². The minimum absolute atomic E-state index is 0.719. The average molecular weight is 318 g/mol. The molecule has 3 heteroatoms. The number of halogens is 1. The summed E-state index contributed by atoms with van der Waals surface area (Å²) in [6.07, 6.45) is 2.62. The molecule has 0 aliphatic heterocycles. The van der Waals surface area contributed by atoms with Gasteiger partial charge in [-0.3, -0.25) is 0 Å². The highest BCUT2D eigenvalue weighted by Crippen LogP contribution is 2.28. The second-order valence-corrected chi connectivity index (χ2v) is 7.14. The summed E-state index contributed by atoms with van der Waals surface area (Å²) in [5, 5.41) is 4.38. The fraction of sp³-hybridized carbons (Fsp3) is 0.333. The minimum Gasteiger partial charge on any atom is -0.310 e. The average Bonchev–Trinajstić information content (AvgIpc) is 3.28. The van der Waals surface area contributed by atoms with Gasteiger partial charge in [0.2, 0.25) is 0 Å². The topological polar surface area (TPSA) is 12.0 Å². The highest BCUT2D eigenvalue weighted by atomic mass is 35.5. The first-order valence-electron chi connectivity index (χ1n) is 7.41. The Morgan fingerprint density at radius 3 is 2.76 bits per heavy atom. The molecular weight excluding hydrogens is 298 g/mol. The Labute approximate surface area is 136 Å². The maximum Gasteiger partial charge on any atom is 0.0462 e. The van der Waals surface area contributed by atoms with Crippen LogP contribution in [-0.4, -0.2) is 6.04 Å². The van der Waals surface area contributed by atoms with Crippen molar-refractivity contribution in [2.45, 2.75) is 43.0 Å². The van der Waals surface area contributed by atoms with Gasteiger partial charge in [0, 0.05) is 28.3 Å². The molecule has 0 amide bonds. The van der Waals surface area contributed by atoms with Gasteiger partial charge >= 0.3 is 0 Å². The number of thioether (sulfide) groups is 1. The molecule has 2 aromatic carbocycles. The zero-order chi connectivity index (χ0) is 14.7. The van der Waals surface area contributed by atoms with Crippen LogP contribution in [0.5, 0.6) is 0 Å². The maximum absolute atomic E-state index is 6.39. The quantitative estimate of drug-likeness (QED) is 0.736. The Hall–Kier alpha value is -0.960. The molecule has 0 atom stereocenters. The van der Waals surface area contributed by atoms with Gasteiger partial charge in [0.05, 0.1) is 0 Å². The molecule has 110 valence electrons. The first-order chi connectivity index (χ1) is 10.2. The lowest BCUT2D eigenvalue weighted by Crippen LogP contribution is -2.15. The highest BCUT2D eigenvalue weighted by Gasteiger charge is 2.20. The Balaban J connectivity index is 1.59. The van der Waals surface area contributed by atoms with E-state index in [9.17, 15) is 0 Å². The second kappa shape index (κ2) is 6.87. The molecule has 0 saturated heterocycles. The third-order valence-corrected chi connectivity index (χ3v) is 5.09. The summed E-state index contributed by atoms with van der Waals surface area (Å²) in [7, 11) is 0. The fourth-order valence-electron chi connectivity index (χ4n) is 2.27. The summed E-state index contributed by atoms with van der Waals surface area (Å²) < 4.78 is 0. The lowest BCUT2D eigenvalue weighted by molar-refractivity contribution is 0.687. The first kappa shape index (κ1) is 15.0. The summed E-state index contributed by atoms with van der Waals surface area (Å²) in [6, 6.07) is 15.8. The van der Waals surface area contributed by atoms with Gasteiger partial charge in [-0.2, -0.15) is 0 Å². The molecule has 2 aromatic rings. The van der Waals surface area contributed by atoms with Crippen LogP contribution in [-0.2, 0) is 12.3 Å². The van der Waals surface area contributed by atoms with E-state index >= 15 is 0 Å². The summed E-state index contributed by atoms with van der Waals surface area (Å²) >= 11 is 8.22. The molecule has 0 unspecified atom stereocenters. The van der Waals surface area contributed by atoms with Crippen LogP contribution in [0.3, 0.4) is 0 Å². The Kier molecular flexibility index (Phi) is 4.89. The van der Waals surface area contributed by atoms with Crippen molar-refractivity contribution >= 4 is 23.4 Å². The smallest absolute Gasteiger partial charge is 0.0462 e. The molecule has 21 heavy (non-hydrogen) atoms. The van der Waals surface area contributed by atoms with E-state index in [1.807, 2.05) is 11.8 Å². The van der Waals surface area contributed by atoms with Gasteiger partial charge in [-0.15, -0.1) is 11.8 Å². The van der Waals surface area contributed by atoms with Gasteiger partial charge in [0.15, 0.2) is 0 Å². The van der Waals surface area contributed by atoms with Gasteiger partial charge in [-0.05, 0) is 43.0 Å². The van der Waals surface area contributed by atoms with Gasteiger partial charge in [0.1, 0.15) is 0 Å². The van der Waals surface area contributed by atoms with E-state index in [0.29, 0.717) is 0 Å². The number of hydrogen-bond donors (Lipinski definition) is 1. The molecule has 1 fully saturated rings. The predicted octanol–water partition coefficient (Wildman–Crippen LogP) is 5.19. The van der Waals surface area contributed by atoms with Crippen LogP contribution in [0.25, 0.3) is 0 Å². The SMILES string of the molecule is Cc1cccc(CSc2ccc(CNC3CC3)c(Cl)c2)c1. The van der Waals surface area contributed by atoms with Crippen LogP contribution in [0.15, 0.2) is 47.4 Å². The molecule has 0 heterocycles. The molecule has 1 nitrogen and oxygen atoms in total. The maximum atomic E-state index is 6.39. The zero-order valence-electron chi connectivity index (χ0n) is 12.2. The molecular formula is C18H20ClNS. The lowest BCUT2D eigenvalue weighted by atomic mass is 10.2. The fourth-order valence-corrected chi connectivity index (χ4v) is 3.46. The van der Waals surface area contributed by atoms with Crippen molar-refractivity contribution < 1.29 is 0 Å². The normalized spacial score (nSPS) is 14.4. The third-order valence-electron chi connectivity index (χ3n) is 3.67. The molecule has 1 N–H and O–H groups in total. The molecule has 0 aromatic heterocycles. The Morgan fingerprint density at radius 1 is 1.19 bits per heavy atom. The number of hydrogen-bond acceptors (Lipinski definition) is 2. The molecule has 1 aliphatic carbocycles. The van der Waals surface area contributed by atoms with Gasteiger partial charge in [-0.1, -0.05) is 47.5 Å².